The van der Waals surface area contributed by atoms with E-state index in [-0.39, 0.29) is 17.6 Å². The maximum Gasteiger partial charge on any atom is 0.223 e. The van der Waals surface area contributed by atoms with E-state index >= 15 is 0 Å². The number of hydrogen-bond acceptors (Lipinski definition) is 5. The summed E-state index contributed by atoms with van der Waals surface area (Å²) >= 11 is 0. The van der Waals surface area contributed by atoms with Gasteiger partial charge in [-0.25, -0.2) is 12.7 Å². The summed E-state index contributed by atoms with van der Waals surface area (Å²) in [4.78, 5) is 12.5. The predicted octanol–water partition coefficient (Wildman–Crippen LogP) is 2.74. The molecule has 2 aromatic rings. The van der Waals surface area contributed by atoms with Gasteiger partial charge >= 0.3 is 0 Å². The van der Waals surface area contributed by atoms with Crippen LogP contribution in [-0.2, 0) is 20.6 Å². The first-order valence-electron chi connectivity index (χ1n) is 10.5. The van der Waals surface area contributed by atoms with Crippen LogP contribution in [0.15, 0.2) is 48.5 Å². The molecule has 0 unspecified atom stereocenters. The number of hydrogen-bond donors (Lipinski definition) is 1. The van der Waals surface area contributed by atoms with Gasteiger partial charge in [0.25, 0.3) is 0 Å². The summed E-state index contributed by atoms with van der Waals surface area (Å²) < 4.78 is 38.0. The summed E-state index contributed by atoms with van der Waals surface area (Å²) in [7, 11) is -1.82. The average Bonchev–Trinajstić information content (AvgIpc) is 2.78. The van der Waals surface area contributed by atoms with Crippen molar-refractivity contribution in [3.05, 3.63) is 59.7 Å². The molecule has 2 aromatic carbocycles. The summed E-state index contributed by atoms with van der Waals surface area (Å²) in [5.74, 6) is 1.03. The minimum Gasteiger partial charge on any atom is -0.493 e. The number of carbonyl (C=O) groups is 1. The van der Waals surface area contributed by atoms with Crippen LogP contribution in [0.25, 0.3) is 0 Å². The van der Waals surface area contributed by atoms with Crippen molar-refractivity contribution >= 4 is 15.9 Å². The number of methoxy groups -OCH3 is 1. The van der Waals surface area contributed by atoms with Gasteiger partial charge in [-0.3, -0.25) is 4.79 Å². The quantitative estimate of drug-likeness (QED) is 0.599. The Morgan fingerprint density at radius 3 is 2.39 bits per heavy atom. The highest BCUT2D eigenvalue weighted by molar-refractivity contribution is 7.88. The molecule has 168 valence electrons. The number of ether oxygens (including phenoxy) is 2. The van der Waals surface area contributed by atoms with Crippen molar-refractivity contribution < 1.29 is 22.7 Å². The number of benzene rings is 2. The lowest BCUT2D eigenvalue weighted by molar-refractivity contribution is -0.126. The van der Waals surface area contributed by atoms with Gasteiger partial charge in [0.1, 0.15) is 6.61 Å². The van der Waals surface area contributed by atoms with E-state index in [1.54, 1.807) is 7.11 Å². The fourth-order valence-corrected chi connectivity index (χ4v) is 5.34. The Kier molecular flexibility index (Phi) is 7.92. The van der Waals surface area contributed by atoms with Gasteiger partial charge in [-0.2, -0.15) is 0 Å². The number of rotatable bonds is 9. The maximum absolute atomic E-state index is 12.8. The van der Waals surface area contributed by atoms with E-state index in [0.717, 1.165) is 11.1 Å². The third kappa shape index (κ3) is 6.21. The molecule has 1 heterocycles. The standard InChI is InChI=1S/C23H30N2O5S/c1-18-7-3-4-8-20(18)17-31(27,28)25-14-11-19(12-15-25)23(26)24-13-16-30-22-10-6-5-9-21(22)29-2/h3-10,19H,11-17H2,1-2H3,(H,24,26). The van der Waals surface area contributed by atoms with Gasteiger partial charge in [0, 0.05) is 19.0 Å². The van der Waals surface area contributed by atoms with Gasteiger partial charge in [-0.1, -0.05) is 36.4 Å². The van der Waals surface area contributed by atoms with Crippen molar-refractivity contribution in [2.75, 3.05) is 33.4 Å². The van der Waals surface area contributed by atoms with E-state index in [0.29, 0.717) is 50.6 Å². The second kappa shape index (κ2) is 10.6. The molecule has 0 atom stereocenters. The summed E-state index contributed by atoms with van der Waals surface area (Å²) in [5.41, 5.74) is 1.79. The molecule has 1 N–H and O–H groups in total. The van der Waals surface area contributed by atoms with Gasteiger partial charge in [0.15, 0.2) is 11.5 Å². The summed E-state index contributed by atoms with van der Waals surface area (Å²) in [6.07, 6.45) is 1.04. The van der Waals surface area contributed by atoms with Crippen molar-refractivity contribution in [3.63, 3.8) is 0 Å². The fraction of sp³-hybridized carbons (Fsp3) is 0.435. The molecule has 1 saturated heterocycles. The Bertz CT molecular complexity index is 985. The Hall–Kier alpha value is -2.58. The average molecular weight is 447 g/mol. The normalized spacial score (nSPS) is 15.4. The second-order valence-corrected chi connectivity index (χ2v) is 9.62. The highest BCUT2D eigenvalue weighted by atomic mass is 32.2. The number of nitrogens with one attached hydrogen (secondary N) is 1. The van der Waals surface area contributed by atoms with Crippen LogP contribution in [0.1, 0.15) is 24.0 Å². The molecule has 0 radical (unpaired) electrons. The molecule has 1 amide bonds. The fourth-order valence-electron chi connectivity index (χ4n) is 3.67. The third-order valence-electron chi connectivity index (χ3n) is 5.55. The molecule has 31 heavy (non-hydrogen) atoms. The minimum absolute atomic E-state index is 0.00315. The van der Waals surface area contributed by atoms with Crippen LogP contribution in [0, 0.1) is 12.8 Å². The van der Waals surface area contributed by atoms with Gasteiger partial charge in [0.05, 0.1) is 19.4 Å². The van der Waals surface area contributed by atoms with Gasteiger partial charge in [-0.05, 0) is 43.0 Å². The van der Waals surface area contributed by atoms with E-state index in [4.69, 9.17) is 9.47 Å². The lowest BCUT2D eigenvalue weighted by atomic mass is 9.97. The highest BCUT2D eigenvalue weighted by Gasteiger charge is 2.31. The molecule has 0 bridgehead atoms. The number of aryl methyl sites for hydroxylation is 1. The number of amides is 1. The molecular formula is C23H30N2O5S. The minimum atomic E-state index is -3.40. The number of para-hydroxylation sites is 2. The molecular weight excluding hydrogens is 416 g/mol. The molecule has 3 rings (SSSR count). The highest BCUT2D eigenvalue weighted by Crippen LogP contribution is 2.25. The Labute approximate surface area is 184 Å². The number of nitrogens with zero attached hydrogens (tertiary/aromatic N) is 1. The zero-order valence-electron chi connectivity index (χ0n) is 18.0. The molecule has 0 aliphatic carbocycles. The molecule has 1 fully saturated rings. The maximum atomic E-state index is 12.8. The lowest BCUT2D eigenvalue weighted by Crippen LogP contribution is -2.44. The lowest BCUT2D eigenvalue weighted by Gasteiger charge is -2.30. The van der Waals surface area contributed by atoms with Crippen LogP contribution < -0.4 is 14.8 Å². The van der Waals surface area contributed by atoms with Crippen molar-refractivity contribution in [1.82, 2.24) is 9.62 Å². The molecule has 1 aliphatic rings. The van der Waals surface area contributed by atoms with Crippen molar-refractivity contribution in [2.45, 2.75) is 25.5 Å². The van der Waals surface area contributed by atoms with E-state index in [9.17, 15) is 13.2 Å². The van der Waals surface area contributed by atoms with Gasteiger partial charge in [-0.15, -0.1) is 0 Å². The molecule has 0 saturated carbocycles. The van der Waals surface area contributed by atoms with E-state index in [1.165, 1.54) is 4.31 Å². The van der Waals surface area contributed by atoms with Crippen molar-refractivity contribution in [3.8, 4) is 11.5 Å². The molecule has 8 heteroatoms. The first-order valence-corrected chi connectivity index (χ1v) is 12.1. The Balaban J connectivity index is 1.42. The van der Waals surface area contributed by atoms with Crippen LogP contribution in [0.4, 0.5) is 0 Å². The topological polar surface area (TPSA) is 84.9 Å². The molecule has 7 nitrogen and oxygen atoms in total. The predicted molar refractivity (Wildman–Crippen MR) is 120 cm³/mol. The first-order chi connectivity index (χ1) is 14.9. The zero-order chi connectivity index (χ0) is 22.3. The molecule has 0 aromatic heterocycles. The Morgan fingerprint density at radius 2 is 1.71 bits per heavy atom. The number of carbonyl (C=O) groups excluding carboxylic acids is 1. The summed E-state index contributed by atoms with van der Waals surface area (Å²) in [6.45, 7) is 3.35. The van der Waals surface area contributed by atoms with Crippen molar-refractivity contribution in [2.24, 2.45) is 5.92 Å². The van der Waals surface area contributed by atoms with Crippen LogP contribution >= 0.6 is 0 Å². The van der Waals surface area contributed by atoms with Crippen LogP contribution in [-0.4, -0.2) is 52.0 Å². The van der Waals surface area contributed by atoms with Gasteiger partial charge in [0.2, 0.25) is 15.9 Å². The Morgan fingerprint density at radius 1 is 1.06 bits per heavy atom. The number of piperidine rings is 1. The van der Waals surface area contributed by atoms with Crippen molar-refractivity contribution in [1.29, 1.82) is 0 Å². The van der Waals surface area contributed by atoms with E-state index in [2.05, 4.69) is 5.32 Å². The largest absolute Gasteiger partial charge is 0.493 e. The van der Waals surface area contributed by atoms with E-state index < -0.39 is 10.0 Å². The van der Waals surface area contributed by atoms with E-state index in [1.807, 2.05) is 55.5 Å². The summed E-state index contributed by atoms with van der Waals surface area (Å²) in [5, 5.41) is 2.89. The zero-order valence-corrected chi connectivity index (χ0v) is 18.9. The smallest absolute Gasteiger partial charge is 0.223 e. The first kappa shape index (κ1) is 23.1. The van der Waals surface area contributed by atoms with Crippen LogP contribution in [0.2, 0.25) is 0 Å². The van der Waals surface area contributed by atoms with Gasteiger partial charge < -0.3 is 14.8 Å². The number of sulfonamides is 1. The summed E-state index contributed by atoms with van der Waals surface area (Å²) in [6, 6.07) is 14.9. The van der Waals surface area contributed by atoms with Crippen LogP contribution in [0.5, 0.6) is 11.5 Å². The molecule has 1 aliphatic heterocycles. The van der Waals surface area contributed by atoms with Crippen LogP contribution in [0.3, 0.4) is 0 Å². The molecule has 0 spiro atoms. The second-order valence-electron chi connectivity index (χ2n) is 7.65. The monoisotopic (exact) mass is 446 g/mol. The SMILES string of the molecule is COc1ccccc1OCCNC(=O)C1CCN(S(=O)(=O)Cc2ccccc2C)CC1. The third-order valence-corrected chi connectivity index (χ3v) is 7.37.